The quantitative estimate of drug-likeness (QED) is 0.418. The summed E-state index contributed by atoms with van der Waals surface area (Å²) in [5, 5.41) is 13.2. The highest BCUT2D eigenvalue weighted by atomic mass is 32.2. The van der Waals surface area contributed by atoms with Crippen LogP contribution in [-0.2, 0) is 5.75 Å². The summed E-state index contributed by atoms with van der Waals surface area (Å²) >= 11 is 2.99. The fourth-order valence-corrected chi connectivity index (χ4v) is 4.29. The first-order valence-corrected chi connectivity index (χ1v) is 10.5. The van der Waals surface area contributed by atoms with E-state index in [2.05, 4.69) is 15.5 Å². The third-order valence-corrected chi connectivity index (χ3v) is 6.12. The van der Waals surface area contributed by atoms with E-state index in [1.165, 1.54) is 11.3 Å². The summed E-state index contributed by atoms with van der Waals surface area (Å²) in [6, 6.07) is 19.3. The van der Waals surface area contributed by atoms with Crippen LogP contribution >= 0.6 is 23.1 Å². The van der Waals surface area contributed by atoms with E-state index in [4.69, 9.17) is 4.42 Å². The number of anilines is 1. The van der Waals surface area contributed by atoms with Gasteiger partial charge < -0.3 is 9.73 Å². The molecule has 0 unspecified atom stereocenters. The van der Waals surface area contributed by atoms with Crippen LogP contribution in [0.1, 0.15) is 21.1 Å². The fraction of sp³-hybridized carbons (Fsp3) is 0.0952. The highest BCUT2D eigenvalue weighted by Gasteiger charge is 2.14. The zero-order valence-corrected chi connectivity index (χ0v) is 16.7. The summed E-state index contributed by atoms with van der Waals surface area (Å²) < 4.78 is 5.76. The molecule has 7 heteroatoms. The Morgan fingerprint density at radius 1 is 1.07 bits per heavy atom. The molecule has 0 saturated carbocycles. The van der Waals surface area contributed by atoms with Gasteiger partial charge in [-0.2, -0.15) is 0 Å². The molecule has 1 N–H and O–H groups in total. The Morgan fingerprint density at radius 3 is 2.64 bits per heavy atom. The lowest BCUT2D eigenvalue weighted by Gasteiger charge is -2.09. The third-order valence-electron chi connectivity index (χ3n) is 4.04. The van der Waals surface area contributed by atoms with Gasteiger partial charge in [0.1, 0.15) is 0 Å². The molecule has 0 fully saturated rings. The topological polar surface area (TPSA) is 68.0 Å². The van der Waals surface area contributed by atoms with Gasteiger partial charge in [-0.1, -0.05) is 30.3 Å². The second-order valence-electron chi connectivity index (χ2n) is 6.04. The molecule has 140 valence electrons. The number of nitrogens with zero attached hydrogens (tertiary/aromatic N) is 2. The van der Waals surface area contributed by atoms with Crippen LogP contribution in [0.2, 0.25) is 0 Å². The van der Waals surface area contributed by atoms with Crippen molar-refractivity contribution in [1.82, 2.24) is 10.2 Å². The van der Waals surface area contributed by atoms with Crippen molar-refractivity contribution in [3.8, 4) is 11.5 Å². The van der Waals surface area contributed by atoms with Crippen molar-refractivity contribution in [3.05, 3.63) is 82.4 Å². The van der Waals surface area contributed by atoms with E-state index in [1.807, 2.05) is 73.0 Å². The lowest BCUT2D eigenvalue weighted by atomic mass is 10.2. The summed E-state index contributed by atoms with van der Waals surface area (Å²) in [5.74, 6) is 1.47. The minimum Gasteiger partial charge on any atom is -0.420 e. The average Bonchev–Trinajstić information content (AvgIpc) is 3.37. The number of thiophene rings is 1. The summed E-state index contributed by atoms with van der Waals surface area (Å²) in [6.45, 7) is 1.94. The summed E-state index contributed by atoms with van der Waals surface area (Å²) in [4.78, 5) is 14.2. The molecule has 0 radical (unpaired) electrons. The summed E-state index contributed by atoms with van der Waals surface area (Å²) in [7, 11) is 0. The number of hydrogen-bond donors (Lipinski definition) is 1. The van der Waals surface area contributed by atoms with E-state index in [0.29, 0.717) is 17.5 Å². The first kappa shape index (κ1) is 18.5. The lowest BCUT2D eigenvalue weighted by Crippen LogP contribution is -2.11. The predicted octanol–water partition coefficient (Wildman–Crippen LogP) is 5.65. The van der Waals surface area contributed by atoms with Crippen molar-refractivity contribution in [1.29, 1.82) is 0 Å². The molecule has 2 aromatic heterocycles. The normalized spacial score (nSPS) is 10.8. The van der Waals surface area contributed by atoms with Gasteiger partial charge in [0.25, 0.3) is 5.91 Å². The van der Waals surface area contributed by atoms with Crippen molar-refractivity contribution < 1.29 is 9.21 Å². The Kier molecular flexibility index (Phi) is 5.55. The molecular formula is C21H17N3O2S2. The van der Waals surface area contributed by atoms with Crippen molar-refractivity contribution >= 4 is 34.7 Å². The van der Waals surface area contributed by atoms with Crippen molar-refractivity contribution in [2.75, 3.05) is 5.32 Å². The number of aromatic nitrogens is 2. The SMILES string of the molecule is Cc1ccsc1C(=O)Nc1ccccc1SCc1nnc(-c2ccccc2)o1. The molecule has 0 aliphatic rings. The fourth-order valence-electron chi connectivity index (χ4n) is 2.63. The maximum Gasteiger partial charge on any atom is 0.266 e. The third kappa shape index (κ3) is 4.16. The van der Waals surface area contributed by atoms with E-state index >= 15 is 0 Å². The molecule has 1 amide bonds. The Balaban J connectivity index is 1.45. The van der Waals surface area contributed by atoms with E-state index in [0.717, 1.165) is 26.6 Å². The highest BCUT2D eigenvalue weighted by molar-refractivity contribution is 7.98. The minimum atomic E-state index is -0.0929. The number of aryl methyl sites for hydroxylation is 1. The predicted molar refractivity (Wildman–Crippen MR) is 113 cm³/mol. The Morgan fingerprint density at radius 2 is 1.86 bits per heavy atom. The van der Waals surface area contributed by atoms with Gasteiger partial charge >= 0.3 is 0 Å². The zero-order chi connectivity index (χ0) is 19.3. The molecule has 0 atom stereocenters. The van der Waals surface area contributed by atoms with Crippen LogP contribution in [0.15, 0.2) is 75.4 Å². The Labute approximate surface area is 170 Å². The molecule has 2 aromatic carbocycles. The summed E-state index contributed by atoms with van der Waals surface area (Å²) in [5.41, 5.74) is 2.64. The van der Waals surface area contributed by atoms with Gasteiger partial charge in [-0.05, 0) is 48.2 Å². The number of carbonyl (C=O) groups excluding carboxylic acids is 1. The summed E-state index contributed by atoms with van der Waals surface area (Å²) in [6.07, 6.45) is 0. The van der Waals surface area contributed by atoms with Gasteiger partial charge in [-0.15, -0.1) is 33.3 Å². The van der Waals surface area contributed by atoms with Gasteiger partial charge in [0, 0.05) is 10.5 Å². The van der Waals surface area contributed by atoms with Gasteiger partial charge in [0.05, 0.1) is 16.3 Å². The molecule has 0 aliphatic carbocycles. The maximum absolute atomic E-state index is 12.5. The van der Waals surface area contributed by atoms with E-state index < -0.39 is 0 Å². The molecule has 0 bridgehead atoms. The number of thioether (sulfide) groups is 1. The van der Waals surface area contributed by atoms with Crippen LogP contribution < -0.4 is 5.32 Å². The Hall–Kier alpha value is -2.90. The average molecular weight is 408 g/mol. The number of rotatable bonds is 6. The second-order valence-corrected chi connectivity index (χ2v) is 7.97. The second kappa shape index (κ2) is 8.41. The molecule has 2 heterocycles. The van der Waals surface area contributed by atoms with Crippen LogP contribution in [-0.4, -0.2) is 16.1 Å². The number of nitrogens with one attached hydrogen (secondary N) is 1. The van der Waals surface area contributed by atoms with E-state index in [1.54, 1.807) is 11.8 Å². The number of para-hydroxylation sites is 1. The van der Waals surface area contributed by atoms with Gasteiger partial charge in [-0.3, -0.25) is 4.79 Å². The van der Waals surface area contributed by atoms with Crippen LogP contribution in [0.3, 0.4) is 0 Å². The van der Waals surface area contributed by atoms with E-state index in [-0.39, 0.29) is 5.91 Å². The molecular weight excluding hydrogens is 390 g/mol. The standard InChI is InChI=1S/C21H17N3O2S2/c1-14-11-12-27-19(14)20(25)22-16-9-5-6-10-17(16)28-13-18-23-24-21(26-18)15-7-3-2-4-8-15/h2-12H,13H2,1H3,(H,22,25). The smallest absolute Gasteiger partial charge is 0.266 e. The van der Waals surface area contributed by atoms with Gasteiger partial charge in [-0.25, -0.2) is 0 Å². The number of carbonyl (C=O) groups is 1. The first-order chi connectivity index (χ1) is 13.7. The lowest BCUT2D eigenvalue weighted by molar-refractivity contribution is 0.103. The van der Waals surface area contributed by atoms with Gasteiger partial charge in [0.15, 0.2) is 0 Å². The van der Waals surface area contributed by atoms with Crippen LogP contribution in [0, 0.1) is 6.92 Å². The maximum atomic E-state index is 12.5. The van der Waals surface area contributed by atoms with E-state index in [9.17, 15) is 4.79 Å². The molecule has 4 rings (SSSR count). The number of benzene rings is 2. The minimum absolute atomic E-state index is 0.0929. The van der Waals surface area contributed by atoms with Crippen molar-refractivity contribution in [3.63, 3.8) is 0 Å². The van der Waals surface area contributed by atoms with Crippen molar-refractivity contribution in [2.24, 2.45) is 0 Å². The molecule has 4 aromatic rings. The largest absolute Gasteiger partial charge is 0.420 e. The molecule has 28 heavy (non-hydrogen) atoms. The van der Waals surface area contributed by atoms with Crippen molar-refractivity contribution in [2.45, 2.75) is 17.6 Å². The molecule has 0 spiro atoms. The first-order valence-electron chi connectivity index (χ1n) is 8.66. The number of amides is 1. The number of hydrogen-bond acceptors (Lipinski definition) is 6. The molecule has 5 nitrogen and oxygen atoms in total. The van der Waals surface area contributed by atoms with Gasteiger partial charge in [0.2, 0.25) is 11.8 Å². The van der Waals surface area contributed by atoms with Crippen LogP contribution in [0.4, 0.5) is 5.69 Å². The Bertz CT molecular complexity index is 1090. The molecule has 0 saturated heterocycles. The zero-order valence-electron chi connectivity index (χ0n) is 15.1. The monoisotopic (exact) mass is 407 g/mol. The highest BCUT2D eigenvalue weighted by Crippen LogP contribution is 2.31. The van der Waals surface area contributed by atoms with Crippen LogP contribution in [0.25, 0.3) is 11.5 Å². The van der Waals surface area contributed by atoms with Crippen LogP contribution in [0.5, 0.6) is 0 Å². The molecule has 0 aliphatic heterocycles.